The summed E-state index contributed by atoms with van der Waals surface area (Å²) in [5, 5.41) is 16.2. The molecular formula is C22H22FN3O4. The third-order valence-electron chi connectivity index (χ3n) is 4.94. The summed E-state index contributed by atoms with van der Waals surface area (Å²) in [4.78, 5) is 28.7. The maximum absolute atomic E-state index is 14.3. The van der Waals surface area contributed by atoms with E-state index >= 15 is 0 Å². The third kappa shape index (κ3) is 4.03. The van der Waals surface area contributed by atoms with Crippen molar-refractivity contribution in [2.75, 3.05) is 5.32 Å². The van der Waals surface area contributed by atoms with Gasteiger partial charge in [0.1, 0.15) is 5.82 Å². The van der Waals surface area contributed by atoms with Gasteiger partial charge in [0, 0.05) is 11.6 Å². The molecule has 2 heterocycles. The van der Waals surface area contributed by atoms with Crippen LogP contribution < -0.4 is 5.32 Å². The lowest BCUT2D eigenvalue weighted by atomic mass is 9.89. The summed E-state index contributed by atoms with van der Waals surface area (Å²) >= 11 is 0. The van der Waals surface area contributed by atoms with Gasteiger partial charge in [-0.15, -0.1) is 0 Å². The summed E-state index contributed by atoms with van der Waals surface area (Å²) < 4.78 is 19.8. The quantitative estimate of drug-likeness (QED) is 0.626. The number of hydrogen-bond donors (Lipinski definition) is 2. The van der Waals surface area contributed by atoms with Gasteiger partial charge in [0.2, 0.25) is 0 Å². The number of carbonyl (C=O) groups excluding carboxylic acids is 1. The maximum atomic E-state index is 14.3. The van der Waals surface area contributed by atoms with Crippen LogP contribution in [-0.2, 0) is 6.42 Å². The maximum Gasteiger partial charge on any atom is 0.335 e. The highest BCUT2D eigenvalue weighted by molar-refractivity contribution is 6.12. The molecule has 1 aliphatic rings. The van der Waals surface area contributed by atoms with E-state index in [1.807, 2.05) is 0 Å². The molecule has 0 radical (unpaired) electrons. The Balaban J connectivity index is 1.75. The fraction of sp³-hybridized carbons (Fsp3) is 0.364. The molecule has 0 saturated heterocycles. The van der Waals surface area contributed by atoms with E-state index in [0.29, 0.717) is 28.8 Å². The van der Waals surface area contributed by atoms with Crippen LogP contribution in [0, 0.1) is 11.2 Å². The second kappa shape index (κ2) is 7.19. The zero-order chi connectivity index (χ0) is 21.6. The number of nitrogens with zero attached hydrogens (tertiary/aromatic N) is 2. The van der Waals surface area contributed by atoms with Crippen molar-refractivity contribution in [3.05, 3.63) is 52.6 Å². The number of amides is 1. The Hall–Kier alpha value is -3.29. The van der Waals surface area contributed by atoms with Crippen molar-refractivity contribution in [2.45, 2.75) is 46.0 Å². The van der Waals surface area contributed by atoms with E-state index in [0.717, 1.165) is 24.6 Å². The number of aromatic carboxylic acids is 1. The number of benzene rings is 1. The summed E-state index contributed by atoms with van der Waals surface area (Å²) in [5.41, 5.74) is 1.61. The van der Waals surface area contributed by atoms with Crippen LogP contribution in [0.15, 0.2) is 28.8 Å². The topological polar surface area (TPSA) is 105 Å². The van der Waals surface area contributed by atoms with E-state index in [1.165, 1.54) is 12.1 Å². The molecule has 0 unspecified atom stereocenters. The zero-order valence-corrected chi connectivity index (χ0v) is 17.0. The first-order valence-electron chi connectivity index (χ1n) is 9.76. The average Bonchev–Trinajstić information content (AvgIpc) is 3.44. The van der Waals surface area contributed by atoms with Crippen molar-refractivity contribution in [2.24, 2.45) is 5.41 Å². The van der Waals surface area contributed by atoms with E-state index in [-0.39, 0.29) is 22.6 Å². The van der Waals surface area contributed by atoms with Crippen molar-refractivity contribution in [3.63, 3.8) is 0 Å². The number of pyridine rings is 1. The first-order chi connectivity index (χ1) is 14.1. The van der Waals surface area contributed by atoms with E-state index in [9.17, 15) is 14.0 Å². The third-order valence-corrected chi connectivity index (χ3v) is 4.94. The number of carbonyl (C=O) groups is 2. The monoisotopic (exact) mass is 411 g/mol. The van der Waals surface area contributed by atoms with Gasteiger partial charge in [0.15, 0.2) is 0 Å². The summed E-state index contributed by atoms with van der Waals surface area (Å²) in [7, 11) is 0. The lowest BCUT2D eigenvalue weighted by Crippen LogP contribution is -2.16. The van der Waals surface area contributed by atoms with Crippen molar-refractivity contribution in [3.8, 4) is 0 Å². The number of aromatic nitrogens is 2. The standard InChI is InChI=1S/C22H22FN3O4/c1-22(2,3)10-17-18-13(9-16(11-4-5-11)25-20(18)30-26-17)19(27)24-15-7-6-12(21(28)29)8-14(15)23/h6-9,11H,4-5,10H2,1-3H3,(H,24,27)(H,28,29). The zero-order valence-electron chi connectivity index (χ0n) is 17.0. The minimum Gasteiger partial charge on any atom is -0.478 e. The second-order valence-electron chi connectivity index (χ2n) is 8.87. The van der Waals surface area contributed by atoms with Crippen LogP contribution >= 0.6 is 0 Å². The highest BCUT2D eigenvalue weighted by atomic mass is 19.1. The predicted octanol–water partition coefficient (Wildman–Crippen LogP) is 4.78. The fourth-order valence-corrected chi connectivity index (χ4v) is 3.36. The number of halogens is 1. The van der Waals surface area contributed by atoms with Crippen molar-refractivity contribution >= 4 is 28.7 Å². The Kier molecular flexibility index (Phi) is 4.80. The number of fused-ring (bicyclic) bond motifs is 1. The van der Waals surface area contributed by atoms with Crippen molar-refractivity contribution in [1.29, 1.82) is 0 Å². The molecule has 7 nitrogen and oxygen atoms in total. The Morgan fingerprint density at radius 2 is 2.00 bits per heavy atom. The number of carboxylic acids is 1. The molecule has 0 spiro atoms. The van der Waals surface area contributed by atoms with Gasteiger partial charge in [-0.05, 0) is 48.9 Å². The number of anilines is 1. The molecule has 30 heavy (non-hydrogen) atoms. The molecule has 1 aliphatic carbocycles. The summed E-state index contributed by atoms with van der Waals surface area (Å²) in [6.45, 7) is 6.16. The molecule has 1 saturated carbocycles. The van der Waals surface area contributed by atoms with Gasteiger partial charge < -0.3 is 14.9 Å². The molecule has 2 aromatic heterocycles. The lowest BCUT2D eigenvalue weighted by molar-refractivity contribution is 0.0696. The van der Waals surface area contributed by atoms with Crippen LogP contribution in [-0.4, -0.2) is 27.1 Å². The van der Waals surface area contributed by atoms with E-state index in [4.69, 9.17) is 9.63 Å². The van der Waals surface area contributed by atoms with Gasteiger partial charge in [-0.3, -0.25) is 4.79 Å². The molecule has 1 aromatic carbocycles. The molecule has 0 bridgehead atoms. The Morgan fingerprint density at radius 3 is 2.60 bits per heavy atom. The molecule has 2 N–H and O–H groups in total. The van der Waals surface area contributed by atoms with E-state index in [2.05, 4.69) is 36.2 Å². The molecule has 156 valence electrons. The van der Waals surface area contributed by atoms with Crippen LogP contribution in [0.3, 0.4) is 0 Å². The van der Waals surface area contributed by atoms with Gasteiger partial charge in [-0.1, -0.05) is 25.9 Å². The molecule has 0 atom stereocenters. The normalized spacial score (nSPS) is 14.1. The summed E-state index contributed by atoms with van der Waals surface area (Å²) in [6, 6.07) is 5.08. The number of rotatable bonds is 5. The molecule has 1 fully saturated rings. The molecule has 8 heteroatoms. The largest absolute Gasteiger partial charge is 0.478 e. The minimum atomic E-state index is -1.24. The van der Waals surface area contributed by atoms with E-state index in [1.54, 1.807) is 6.07 Å². The van der Waals surface area contributed by atoms with Crippen LogP contribution in [0.1, 0.15) is 71.6 Å². The van der Waals surface area contributed by atoms with Crippen LogP contribution in [0.5, 0.6) is 0 Å². The Bertz CT molecular complexity index is 1160. The van der Waals surface area contributed by atoms with Crippen molar-refractivity contribution < 1.29 is 23.6 Å². The van der Waals surface area contributed by atoms with Gasteiger partial charge in [-0.25, -0.2) is 14.2 Å². The minimum absolute atomic E-state index is 0.0918. The second-order valence-corrected chi connectivity index (χ2v) is 8.87. The average molecular weight is 411 g/mol. The van der Waals surface area contributed by atoms with Crippen LogP contribution in [0.25, 0.3) is 11.1 Å². The predicted molar refractivity (Wildman–Crippen MR) is 108 cm³/mol. The fourth-order valence-electron chi connectivity index (χ4n) is 3.36. The smallest absolute Gasteiger partial charge is 0.335 e. The Morgan fingerprint density at radius 1 is 1.27 bits per heavy atom. The number of carboxylic acid groups (broad SMARTS) is 1. The highest BCUT2D eigenvalue weighted by Crippen LogP contribution is 2.41. The van der Waals surface area contributed by atoms with Crippen molar-refractivity contribution in [1.82, 2.24) is 10.1 Å². The van der Waals surface area contributed by atoms with Gasteiger partial charge in [0.25, 0.3) is 11.6 Å². The molecule has 4 rings (SSSR count). The number of nitrogens with one attached hydrogen (secondary N) is 1. The Labute approximate surface area is 172 Å². The first kappa shape index (κ1) is 20.0. The molecule has 3 aromatic rings. The first-order valence-corrected chi connectivity index (χ1v) is 9.76. The van der Waals surface area contributed by atoms with Crippen LogP contribution in [0.2, 0.25) is 0 Å². The van der Waals surface area contributed by atoms with Crippen LogP contribution in [0.4, 0.5) is 10.1 Å². The van der Waals surface area contributed by atoms with E-state index < -0.39 is 17.7 Å². The highest BCUT2D eigenvalue weighted by Gasteiger charge is 2.30. The number of hydrogen-bond acceptors (Lipinski definition) is 5. The van der Waals surface area contributed by atoms with Gasteiger partial charge in [0.05, 0.1) is 27.9 Å². The molecule has 0 aliphatic heterocycles. The lowest BCUT2D eigenvalue weighted by Gasteiger charge is -2.16. The van der Waals surface area contributed by atoms with Gasteiger partial charge >= 0.3 is 5.97 Å². The molecular weight excluding hydrogens is 389 g/mol. The van der Waals surface area contributed by atoms with Gasteiger partial charge in [-0.2, -0.15) is 0 Å². The molecule has 1 amide bonds. The SMILES string of the molecule is CC(C)(C)Cc1noc2nc(C3CC3)cc(C(=O)Nc3ccc(C(=O)O)cc3F)c12. The summed E-state index contributed by atoms with van der Waals surface area (Å²) in [5.74, 6) is -2.31. The summed E-state index contributed by atoms with van der Waals surface area (Å²) in [6.07, 6.45) is 2.56.